The number of anilines is 1. The van der Waals surface area contributed by atoms with Crippen LogP contribution in [0, 0.1) is 5.92 Å². The van der Waals surface area contributed by atoms with Crippen LogP contribution in [0.1, 0.15) is 52.0 Å². The molecule has 0 aromatic heterocycles. The molecule has 0 bridgehead atoms. The first-order valence-electron chi connectivity index (χ1n) is 9.98. The van der Waals surface area contributed by atoms with Crippen molar-refractivity contribution in [1.82, 2.24) is 10.0 Å². The van der Waals surface area contributed by atoms with Gasteiger partial charge in [0.25, 0.3) is 0 Å². The van der Waals surface area contributed by atoms with Crippen molar-refractivity contribution in [2.24, 2.45) is 5.92 Å². The molecule has 7 nitrogen and oxygen atoms in total. The van der Waals surface area contributed by atoms with Crippen LogP contribution < -0.4 is 14.9 Å². The van der Waals surface area contributed by atoms with Crippen molar-refractivity contribution in [1.29, 1.82) is 0 Å². The van der Waals surface area contributed by atoms with Crippen LogP contribution in [0.2, 0.25) is 0 Å². The topological polar surface area (TPSA) is 95.6 Å². The summed E-state index contributed by atoms with van der Waals surface area (Å²) in [6, 6.07) is 5.02. The molecular weight excluding hydrogens is 378 g/mol. The standard InChI is InChI=1S/C20H29N3O4S/c1-4-13(2)22-19(24)9-10-21-28(26,27)17-7-8-18-16(12-17)11-14(3)23(18)20(25)15-5-6-15/h7-8,12-15,21H,4-6,9-11H2,1-3H3,(H,22,24)/t13-,14+/m0/s1. The highest BCUT2D eigenvalue weighted by atomic mass is 32.2. The molecular formula is C20H29N3O4S. The molecule has 0 saturated heterocycles. The van der Waals surface area contributed by atoms with Gasteiger partial charge in [0.05, 0.1) is 4.90 Å². The summed E-state index contributed by atoms with van der Waals surface area (Å²) in [4.78, 5) is 26.3. The number of fused-ring (bicyclic) bond motifs is 1. The average molecular weight is 408 g/mol. The number of carbonyl (C=O) groups excluding carboxylic acids is 2. The molecule has 1 aliphatic carbocycles. The van der Waals surface area contributed by atoms with Gasteiger partial charge in [0.1, 0.15) is 0 Å². The minimum atomic E-state index is -3.70. The fourth-order valence-electron chi connectivity index (χ4n) is 3.47. The van der Waals surface area contributed by atoms with Gasteiger partial charge in [-0.15, -0.1) is 0 Å². The minimum Gasteiger partial charge on any atom is -0.354 e. The van der Waals surface area contributed by atoms with E-state index in [4.69, 9.17) is 0 Å². The number of sulfonamides is 1. The van der Waals surface area contributed by atoms with Gasteiger partial charge in [0.2, 0.25) is 21.8 Å². The summed E-state index contributed by atoms with van der Waals surface area (Å²) in [6.45, 7) is 5.92. The Hall–Kier alpha value is -1.93. The Kier molecular flexibility index (Phi) is 6.09. The number of hydrogen-bond acceptors (Lipinski definition) is 4. The van der Waals surface area contributed by atoms with Crippen LogP contribution in [0.4, 0.5) is 5.69 Å². The lowest BCUT2D eigenvalue weighted by atomic mass is 10.1. The van der Waals surface area contributed by atoms with E-state index in [1.54, 1.807) is 12.1 Å². The Balaban J connectivity index is 1.65. The van der Waals surface area contributed by atoms with Crippen LogP contribution >= 0.6 is 0 Å². The lowest BCUT2D eigenvalue weighted by Gasteiger charge is -2.22. The zero-order chi connectivity index (χ0) is 20.5. The number of nitrogens with zero attached hydrogens (tertiary/aromatic N) is 1. The molecule has 1 aromatic carbocycles. The quantitative estimate of drug-likeness (QED) is 0.689. The third-order valence-corrected chi connectivity index (χ3v) is 6.86. The molecule has 8 heteroatoms. The zero-order valence-electron chi connectivity index (χ0n) is 16.7. The number of nitrogens with one attached hydrogen (secondary N) is 2. The summed E-state index contributed by atoms with van der Waals surface area (Å²) in [7, 11) is -3.70. The van der Waals surface area contributed by atoms with E-state index in [9.17, 15) is 18.0 Å². The summed E-state index contributed by atoms with van der Waals surface area (Å²) in [6.07, 6.45) is 3.45. The third-order valence-electron chi connectivity index (χ3n) is 5.40. The first-order valence-corrected chi connectivity index (χ1v) is 11.5. The summed E-state index contributed by atoms with van der Waals surface area (Å²) < 4.78 is 27.7. The molecule has 2 amide bonds. The monoisotopic (exact) mass is 407 g/mol. The van der Waals surface area contributed by atoms with E-state index < -0.39 is 10.0 Å². The molecule has 0 unspecified atom stereocenters. The molecule has 0 radical (unpaired) electrons. The SMILES string of the molecule is CC[C@H](C)NC(=O)CCNS(=O)(=O)c1ccc2c(c1)C[C@@H](C)N2C(=O)C1CC1. The van der Waals surface area contributed by atoms with E-state index in [-0.39, 0.29) is 47.7 Å². The molecule has 28 heavy (non-hydrogen) atoms. The van der Waals surface area contributed by atoms with Gasteiger partial charge < -0.3 is 10.2 Å². The van der Waals surface area contributed by atoms with Gasteiger partial charge in [-0.3, -0.25) is 9.59 Å². The van der Waals surface area contributed by atoms with E-state index in [1.807, 2.05) is 25.7 Å². The van der Waals surface area contributed by atoms with Crippen LogP contribution in [0.25, 0.3) is 0 Å². The maximum Gasteiger partial charge on any atom is 0.240 e. The average Bonchev–Trinajstić information content (AvgIpc) is 3.42. The van der Waals surface area contributed by atoms with Crippen molar-refractivity contribution in [2.45, 2.75) is 69.9 Å². The molecule has 0 spiro atoms. The maximum atomic E-state index is 12.6. The van der Waals surface area contributed by atoms with Crippen molar-refractivity contribution in [2.75, 3.05) is 11.4 Å². The fourth-order valence-corrected chi connectivity index (χ4v) is 4.55. The Morgan fingerprint density at radius 2 is 2.00 bits per heavy atom. The number of rotatable bonds is 8. The van der Waals surface area contributed by atoms with Crippen molar-refractivity contribution < 1.29 is 18.0 Å². The molecule has 1 heterocycles. The zero-order valence-corrected chi connectivity index (χ0v) is 17.5. The van der Waals surface area contributed by atoms with Crippen molar-refractivity contribution in [3.05, 3.63) is 23.8 Å². The highest BCUT2D eigenvalue weighted by Crippen LogP contribution is 2.39. The van der Waals surface area contributed by atoms with Crippen molar-refractivity contribution in [3.63, 3.8) is 0 Å². The van der Waals surface area contributed by atoms with Gasteiger partial charge in [0.15, 0.2) is 0 Å². The summed E-state index contributed by atoms with van der Waals surface area (Å²) in [5.74, 6) is 0.0985. The first-order chi connectivity index (χ1) is 13.2. The molecule has 3 rings (SSSR count). The molecule has 1 aliphatic heterocycles. The highest BCUT2D eigenvalue weighted by molar-refractivity contribution is 7.89. The summed E-state index contributed by atoms with van der Waals surface area (Å²) in [5.41, 5.74) is 1.69. The normalized spacial score (nSPS) is 20.0. The Morgan fingerprint density at radius 3 is 2.64 bits per heavy atom. The number of amides is 2. The van der Waals surface area contributed by atoms with E-state index >= 15 is 0 Å². The van der Waals surface area contributed by atoms with Crippen LogP contribution in [0.3, 0.4) is 0 Å². The summed E-state index contributed by atoms with van der Waals surface area (Å²) >= 11 is 0. The maximum absolute atomic E-state index is 12.6. The molecule has 1 saturated carbocycles. The highest BCUT2D eigenvalue weighted by Gasteiger charge is 2.39. The molecule has 154 valence electrons. The van der Waals surface area contributed by atoms with Crippen LogP contribution in [-0.4, -0.2) is 38.9 Å². The predicted octanol–water partition coefficient (Wildman–Crippen LogP) is 1.96. The van der Waals surface area contributed by atoms with Crippen molar-refractivity contribution >= 4 is 27.5 Å². The Labute approximate surface area is 166 Å². The van der Waals surface area contributed by atoms with Crippen LogP contribution in [0.15, 0.2) is 23.1 Å². The van der Waals surface area contributed by atoms with Crippen LogP contribution in [-0.2, 0) is 26.0 Å². The van der Waals surface area contributed by atoms with Crippen LogP contribution in [0.5, 0.6) is 0 Å². The van der Waals surface area contributed by atoms with E-state index in [2.05, 4.69) is 10.0 Å². The molecule has 2 aliphatic rings. The number of hydrogen-bond donors (Lipinski definition) is 2. The summed E-state index contributed by atoms with van der Waals surface area (Å²) in [5, 5.41) is 2.81. The van der Waals surface area contributed by atoms with Gasteiger partial charge in [-0.2, -0.15) is 0 Å². The fraction of sp³-hybridized carbons (Fsp3) is 0.600. The van der Waals surface area contributed by atoms with E-state index in [1.165, 1.54) is 6.07 Å². The second-order valence-corrected chi connectivity index (χ2v) is 9.62. The van der Waals surface area contributed by atoms with Crippen molar-refractivity contribution in [3.8, 4) is 0 Å². The first kappa shape index (κ1) is 20.8. The second-order valence-electron chi connectivity index (χ2n) is 7.85. The van der Waals surface area contributed by atoms with E-state index in [0.29, 0.717) is 6.42 Å². The lowest BCUT2D eigenvalue weighted by molar-refractivity contribution is -0.121. The second kappa shape index (κ2) is 8.21. The number of carbonyl (C=O) groups is 2. The largest absolute Gasteiger partial charge is 0.354 e. The number of benzene rings is 1. The molecule has 1 fully saturated rings. The smallest absolute Gasteiger partial charge is 0.240 e. The van der Waals surface area contributed by atoms with Gasteiger partial charge in [0, 0.05) is 36.7 Å². The third kappa shape index (κ3) is 4.55. The Morgan fingerprint density at radius 1 is 1.29 bits per heavy atom. The van der Waals surface area contributed by atoms with Gasteiger partial charge in [-0.25, -0.2) is 13.1 Å². The van der Waals surface area contributed by atoms with E-state index in [0.717, 1.165) is 30.5 Å². The van der Waals surface area contributed by atoms with Gasteiger partial charge >= 0.3 is 0 Å². The van der Waals surface area contributed by atoms with Gasteiger partial charge in [-0.05, 0) is 63.3 Å². The lowest BCUT2D eigenvalue weighted by Crippen LogP contribution is -2.36. The predicted molar refractivity (Wildman–Crippen MR) is 108 cm³/mol. The molecule has 1 aromatic rings. The molecule has 2 N–H and O–H groups in total. The minimum absolute atomic E-state index is 0.0401. The molecule has 2 atom stereocenters. The Bertz CT molecular complexity index is 864. The van der Waals surface area contributed by atoms with Gasteiger partial charge in [-0.1, -0.05) is 6.92 Å².